The summed E-state index contributed by atoms with van der Waals surface area (Å²) >= 11 is 12.2. The maximum Gasteiger partial charge on any atom is 0.303 e. The van der Waals surface area contributed by atoms with Crippen LogP contribution in [-0.2, 0) is 16.0 Å². The molecule has 41 heavy (non-hydrogen) atoms. The van der Waals surface area contributed by atoms with E-state index in [0.29, 0.717) is 41.2 Å². The van der Waals surface area contributed by atoms with E-state index in [2.05, 4.69) is 20.6 Å². The average Bonchev–Trinajstić information content (AvgIpc) is 3.39. The number of carbonyl (C=O) groups is 2. The van der Waals surface area contributed by atoms with E-state index in [1.165, 1.54) is 27.8 Å². The normalized spacial score (nSPS) is 17.6. The second-order valence-corrected chi connectivity index (χ2v) is 11.0. The minimum Gasteiger partial charge on any atom is -0.481 e. The minimum absolute atomic E-state index is 0.0859. The largest absolute Gasteiger partial charge is 0.481 e. The van der Waals surface area contributed by atoms with Crippen LogP contribution in [0.4, 0.5) is 0 Å². The van der Waals surface area contributed by atoms with Crippen LogP contribution in [0.15, 0.2) is 71.9 Å². The Morgan fingerprint density at radius 3 is 2.46 bits per heavy atom. The molecule has 10 nitrogen and oxygen atoms in total. The molecule has 1 aliphatic rings. The number of aliphatic carboxylic acids is 1. The van der Waals surface area contributed by atoms with Gasteiger partial charge < -0.3 is 10.4 Å². The predicted molar refractivity (Wildman–Crippen MR) is 154 cm³/mol. The first kappa shape index (κ1) is 28.5. The molecule has 212 valence electrons. The van der Waals surface area contributed by atoms with Gasteiger partial charge in [0.25, 0.3) is 5.56 Å². The molecule has 5 rings (SSSR count). The van der Waals surface area contributed by atoms with Crippen LogP contribution in [0.1, 0.15) is 43.7 Å². The Labute approximate surface area is 245 Å². The summed E-state index contributed by atoms with van der Waals surface area (Å²) in [4.78, 5) is 42.8. The second-order valence-electron chi connectivity index (χ2n) is 10.2. The molecule has 1 aliphatic carbocycles. The summed E-state index contributed by atoms with van der Waals surface area (Å²) < 4.78 is 2.82. The maximum absolute atomic E-state index is 13.6. The summed E-state index contributed by atoms with van der Waals surface area (Å²) in [7, 11) is 0. The number of carbonyl (C=O) groups excluding carboxylic acids is 1. The van der Waals surface area contributed by atoms with Gasteiger partial charge in [-0.25, -0.2) is 9.67 Å². The zero-order chi connectivity index (χ0) is 28.9. The SMILES string of the molecule is O=C(O)CC1CCC(NC(=O)C(Cc2ccccc2)n2cnc(-c3cc(Cl)ccc3-n3cc(Cl)nn3)cc2=O)CC1. The molecule has 2 aromatic heterocycles. The molecule has 1 unspecified atom stereocenters. The van der Waals surface area contributed by atoms with Crippen LogP contribution in [0.3, 0.4) is 0 Å². The quantitative estimate of drug-likeness (QED) is 0.286. The fraction of sp³-hybridized carbons (Fsp3) is 0.310. The third-order valence-electron chi connectivity index (χ3n) is 7.35. The molecule has 4 aromatic rings. The fourth-order valence-corrected chi connectivity index (χ4v) is 5.57. The number of benzene rings is 2. The Kier molecular flexibility index (Phi) is 8.80. The summed E-state index contributed by atoms with van der Waals surface area (Å²) in [5.41, 5.74) is 1.97. The van der Waals surface area contributed by atoms with Crippen LogP contribution in [0.25, 0.3) is 16.9 Å². The minimum atomic E-state index is -0.837. The molecule has 12 heteroatoms. The summed E-state index contributed by atoms with van der Waals surface area (Å²) in [6.45, 7) is 0. The van der Waals surface area contributed by atoms with E-state index in [1.807, 2.05) is 30.3 Å². The van der Waals surface area contributed by atoms with Crippen molar-refractivity contribution in [1.82, 2.24) is 29.9 Å². The molecule has 0 saturated heterocycles. The van der Waals surface area contributed by atoms with Gasteiger partial charge in [-0.05, 0) is 55.4 Å². The molecule has 2 N–H and O–H groups in total. The van der Waals surface area contributed by atoms with E-state index in [-0.39, 0.29) is 29.4 Å². The lowest BCUT2D eigenvalue weighted by molar-refractivity contribution is -0.138. The molecular formula is C29H28Cl2N6O4. The Balaban J connectivity index is 1.42. The van der Waals surface area contributed by atoms with Gasteiger partial charge in [0.15, 0.2) is 5.15 Å². The Hall–Kier alpha value is -4.02. The van der Waals surface area contributed by atoms with Gasteiger partial charge in [0.05, 0.1) is 23.9 Å². The number of nitrogens with one attached hydrogen (secondary N) is 1. The van der Waals surface area contributed by atoms with E-state index < -0.39 is 17.6 Å². The number of aromatic nitrogens is 5. The molecule has 1 saturated carbocycles. The zero-order valence-electron chi connectivity index (χ0n) is 22.0. The van der Waals surface area contributed by atoms with E-state index in [0.717, 1.165) is 18.4 Å². The van der Waals surface area contributed by atoms with Crippen molar-refractivity contribution in [3.8, 4) is 16.9 Å². The molecule has 2 aromatic carbocycles. The number of halogens is 2. The predicted octanol–water partition coefficient (Wildman–Crippen LogP) is 4.73. The first-order valence-corrected chi connectivity index (χ1v) is 14.0. The molecule has 1 atom stereocenters. The Morgan fingerprint density at radius 2 is 1.80 bits per heavy atom. The van der Waals surface area contributed by atoms with Crippen LogP contribution in [0.2, 0.25) is 10.2 Å². The molecule has 0 spiro atoms. The van der Waals surface area contributed by atoms with Crippen molar-refractivity contribution >= 4 is 35.1 Å². The molecule has 1 amide bonds. The maximum atomic E-state index is 13.6. The van der Waals surface area contributed by atoms with Gasteiger partial charge in [0, 0.05) is 35.5 Å². The molecular weight excluding hydrogens is 567 g/mol. The smallest absolute Gasteiger partial charge is 0.303 e. The van der Waals surface area contributed by atoms with Gasteiger partial charge in [0.2, 0.25) is 5.91 Å². The van der Waals surface area contributed by atoms with Crippen molar-refractivity contribution in [3.63, 3.8) is 0 Å². The molecule has 2 heterocycles. The number of amides is 1. The lowest BCUT2D eigenvalue weighted by atomic mass is 9.84. The Bertz CT molecular complexity index is 1600. The van der Waals surface area contributed by atoms with Crippen LogP contribution < -0.4 is 10.9 Å². The van der Waals surface area contributed by atoms with E-state index in [1.54, 1.807) is 18.2 Å². The highest BCUT2D eigenvalue weighted by Crippen LogP contribution is 2.29. The standard InChI is InChI=1S/C29H28Cl2N6O4/c30-20-8-11-24(37-16-26(31)34-35-37)22(14-20)23-15-27(38)36(17-32-23)25(12-18-4-2-1-3-5-18)29(41)33-21-9-6-19(7-10-21)13-28(39)40/h1-5,8,11,14-17,19,21,25H,6-7,9-10,12-13H2,(H,33,41)(H,39,40). The van der Waals surface area contributed by atoms with Gasteiger partial charge in [0.1, 0.15) is 6.04 Å². The van der Waals surface area contributed by atoms with Gasteiger partial charge >= 0.3 is 5.97 Å². The number of carboxylic acids is 1. The summed E-state index contributed by atoms with van der Waals surface area (Å²) in [6, 6.07) is 15.0. The number of rotatable bonds is 9. The molecule has 0 aliphatic heterocycles. The van der Waals surface area contributed by atoms with E-state index in [9.17, 15) is 14.4 Å². The Morgan fingerprint density at radius 1 is 1.05 bits per heavy atom. The van der Waals surface area contributed by atoms with Crippen molar-refractivity contribution in [2.75, 3.05) is 0 Å². The highest BCUT2D eigenvalue weighted by molar-refractivity contribution is 6.31. The highest BCUT2D eigenvalue weighted by atomic mass is 35.5. The fourth-order valence-electron chi connectivity index (χ4n) is 5.28. The van der Waals surface area contributed by atoms with E-state index >= 15 is 0 Å². The first-order chi connectivity index (χ1) is 19.8. The van der Waals surface area contributed by atoms with Crippen molar-refractivity contribution in [3.05, 3.63) is 93.2 Å². The third kappa shape index (κ3) is 7.01. The topological polar surface area (TPSA) is 132 Å². The van der Waals surface area contributed by atoms with Crippen LogP contribution in [0, 0.1) is 5.92 Å². The lowest BCUT2D eigenvalue weighted by Gasteiger charge is -2.30. The van der Waals surface area contributed by atoms with Gasteiger partial charge in [-0.2, -0.15) is 0 Å². The number of hydrogen-bond donors (Lipinski definition) is 2. The molecule has 1 fully saturated rings. The average molecular weight is 595 g/mol. The van der Waals surface area contributed by atoms with Crippen molar-refractivity contribution < 1.29 is 14.7 Å². The highest BCUT2D eigenvalue weighted by Gasteiger charge is 2.28. The van der Waals surface area contributed by atoms with Crippen molar-refractivity contribution in [2.45, 2.75) is 50.6 Å². The van der Waals surface area contributed by atoms with Crippen molar-refractivity contribution in [1.29, 1.82) is 0 Å². The second kappa shape index (κ2) is 12.7. The first-order valence-electron chi connectivity index (χ1n) is 13.3. The third-order valence-corrected chi connectivity index (χ3v) is 7.76. The summed E-state index contributed by atoms with van der Waals surface area (Å²) in [5, 5.41) is 20.7. The van der Waals surface area contributed by atoms with Crippen LogP contribution >= 0.6 is 23.2 Å². The number of carboxylic acid groups (broad SMARTS) is 1. The van der Waals surface area contributed by atoms with Gasteiger partial charge in [-0.3, -0.25) is 19.0 Å². The van der Waals surface area contributed by atoms with E-state index in [4.69, 9.17) is 28.3 Å². The lowest BCUT2D eigenvalue weighted by Crippen LogP contribution is -2.44. The number of hydrogen-bond acceptors (Lipinski definition) is 6. The van der Waals surface area contributed by atoms with Crippen LogP contribution in [-0.4, -0.2) is 47.6 Å². The van der Waals surface area contributed by atoms with Crippen LogP contribution in [0.5, 0.6) is 0 Å². The van der Waals surface area contributed by atoms with Gasteiger partial charge in [-0.15, -0.1) is 5.10 Å². The van der Waals surface area contributed by atoms with Crippen molar-refractivity contribution in [2.24, 2.45) is 5.92 Å². The number of nitrogens with zero attached hydrogens (tertiary/aromatic N) is 5. The summed E-state index contributed by atoms with van der Waals surface area (Å²) in [6.07, 6.45) is 6.20. The zero-order valence-corrected chi connectivity index (χ0v) is 23.5. The molecule has 0 radical (unpaired) electrons. The van der Waals surface area contributed by atoms with Gasteiger partial charge in [-0.1, -0.05) is 58.7 Å². The monoisotopic (exact) mass is 594 g/mol. The molecule has 0 bridgehead atoms. The summed E-state index contributed by atoms with van der Waals surface area (Å²) in [5.74, 6) is -0.969.